The highest BCUT2D eigenvalue weighted by Gasteiger charge is 2.29. The van der Waals surface area contributed by atoms with E-state index < -0.39 is 7.14 Å². The Labute approximate surface area is 277 Å². The van der Waals surface area contributed by atoms with Crippen LogP contribution in [0.15, 0.2) is 170 Å². The largest absolute Gasteiger partial charge is 0.309 e. The van der Waals surface area contributed by atoms with Gasteiger partial charge in [-0.05, 0) is 40.1 Å². The van der Waals surface area contributed by atoms with Gasteiger partial charge in [0.05, 0.1) is 11.2 Å². The van der Waals surface area contributed by atoms with Crippen LogP contribution in [-0.2, 0) is 4.57 Å². The van der Waals surface area contributed by atoms with Crippen LogP contribution in [0.2, 0.25) is 0 Å². The zero-order chi connectivity index (χ0) is 31.4. The van der Waals surface area contributed by atoms with E-state index in [1.807, 2.05) is 84.1 Å². The minimum Gasteiger partial charge on any atom is -0.309 e. The van der Waals surface area contributed by atoms with Gasteiger partial charge in [-0.3, -0.25) is 0 Å². The van der Waals surface area contributed by atoms with Crippen LogP contribution in [0.25, 0.3) is 64.2 Å². The van der Waals surface area contributed by atoms with Gasteiger partial charge in [0.15, 0.2) is 7.14 Å². The maximum Gasteiger partial charge on any atom is 0.171 e. The van der Waals surface area contributed by atoms with Gasteiger partial charge in [0.1, 0.15) is 0 Å². The number of hydrogen-bond acceptors (Lipinski definition) is 3. The van der Waals surface area contributed by atoms with Crippen LogP contribution in [0.4, 0.5) is 0 Å². The summed E-state index contributed by atoms with van der Waals surface area (Å²) in [7, 11) is -3.04. The van der Waals surface area contributed by atoms with Crippen LogP contribution in [0.1, 0.15) is 0 Å². The lowest BCUT2D eigenvalue weighted by molar-refractivity contribution is 0.592. The fourth-order valence-electron chi connectivity index (χ4n) is 6.87. The van der Waals surface area contributed by atoms with E-state index in [4.69, 9.17) is 4.98 Å². The van der Waals surface area contributed by atoms with E-state index in [0.717, 1.165) is 43.8 Å². The standard InChI is InChI=1S/C43H28NOPS/c45-46(33-15-3-1-4-16-33,34-17-5-2-6-18-34)35-25-22-29(23-26-35)31-13-11-14-32(28-31)42-41-37-20-9-10-21-39(37)47-43(41)40-36-19-8-7-12-30(36)24-27-38(40)44-42/h1-28H. The molecule has 7 aromatic carbocycles. The molecule has 0 radical (unpaired) electrons. The fraction of sp³-hybridized carbons (Fsp3) is 0. The second kappa shape index (κ2) is 11.2. The van der Waals surface area contributed by atoms with Crippen molar-refractivity contribution in [1.29, 1.82) is 0 Å². The van der Waals surface area contributed by atoms with Crippen molar-refractivity contribution in [2.75, 3.05) is 0 Å². The highest BCUT2D eigenvalue weighted by molar-refractivity contribution is 7.85. The first-order valence-corrected chi connectivity index (χ1v) is 18.3. The number of fused-ring (bicyclic) bond motifs is 7. The van der Waals surface area contributed by atoms with Gasteiger partial charge in [-0.2, -0.15) is 0 Å². The molecule has 9 aromatic rings. The quantitative estimate of drug-likeness (QED) is 0.139. The highest BCUT2D eigenvalue weighted by atomic mass is 32.1. The Kier molecular flexibility index (Phi) is 6.64. The van der Waals surface area contributed by atoms with Gasteiger partial charge < -0.3 is 4.57 Å². The molecule has 0 bridgehead atoms. The second-order valence-corrected chi connectivity index (χ2v) is 15.7. The minimum absolute atomic E-state index is 0.824. The molecular formula is C43H28NOPS. The Hall–Kier alpha value is -5.34. The lowest BCUT2D eigenvalue weighted by Gasteiger charge is -2.20. The molecule has 0 saturated heterocycles. The first kappa shape index (κ1) is 27.9. The van der Waals surface area contributed by atoms with Gasteiger partial charge in [-0.25, -0.2) is 4.98 Å². The molecular weight excluding hydrogens is 610 g/mol. The molecule has 0 saturated carbocycles. The molecule has 0 fully saturated rings. The molecule has 2 nitrogen and oxygen atoms in total. The summed E-state index contributed by atoms with van der Waals surface area (Å²) in [5.74, 6) is 0. The summed E-state index contributed by atoms with van der Waals surface area (Å²) >= 11 is 1.85. The highest BCUT2D eigenvalue weighted by Crippen LogP contribution is 2.45. The van der Waals surface area contributed by atoms with Crippen molar-refractivity contribution in [3.63, 3.8) is 0 Å². The summed E-state index contributed by atoms with van der Waals surface area (Å²) in [5.41, 5.74) is 5.24. The lowest BCUT2D eigenvalue weighted by Crippen LogP contribution is -2.24. The van der Waals surface area contributed by atoms with Gasteiger partial charge >= 0.3 is 0 Å². The third kappa shape index (κ3) is 4.54. The third-order valence-electron chi connectivity index (χ3n) is 9.14. The zero-order valence-corrected chi connectivity index (χ0v) is 27.1. The average molecular weight is 638 g/mol. The molecule has 0 atom stereocenters. The molecule has 47 heavy (non-hydrogen) atoms. The summed E-state index contributed by atoms with van der Waals surface area (Å²) in [5, 5.41) is 8.61. The van der Waals surface area contributed by atoms with Gasteiger partial charge in [0.25, 0.3) is 0 Å². The summed E-state index contributed by atoms with van der Waals surface area (Å²) < 4.78 is 17.4. The number of rotatable bonds is 5. The number of thiophene rings is 1. The Bertz CT molecular complexity index is 2600. The topological polar surface area (TPSA) is 30.0 Å². The number of pyridine rings is 1. The van der Waals surface area contributed by atoms with E-state index in [1.165, 1.54) is 36.3 Å². The predicted molar refractivity (Wildman–Crippen MR) is 202 cm³/mol. The van der Waals surface area contributed by atoms with Crippen LogP contribution in [0.3, 0.4) is 0 Å². The molecule has 222 valence electrons. The first-order valence-electron chi connectivity index (χ1n) is 15.7. The normalized spacial score (nSPS) is 11.9. The van der Waals surface area contributed by atoms with Gasteiger partial charge in [-0.15, -0.1) is 11.3 Å². The number of hydrogen-bond donors (Lipinski definition) is 0. The maximum absolute atomic E-state index is 14.9. The van der Waals surface area contributed by atoms with Crippen LogP contribution in [0.5, 0.6) is 0 Å². The first-order chi connectivity index (χ1) is 23.2. The predicted octanol–water partition coefficient (Wildman–Crippen LogP) is 10.7. The SMILES string of the molecule is O=P(c1ccccc1)(c1ccccc1)c1ccc(-c2cccc(-c3nc4ccc5ccccc5c4c4sc5ccccc5c34)c2)cc1. The minimum atomic E-state index is -3.04. The molecule has 0 aliphatic rings. The van der Waals surface area contributed by atoms with E-state index in [9.17, 15) is 4.57 Å². The monoisotopic (exact) mass is 637 g/mol. The van der Waals surface area contributed by atoms with E-state index in [1.54, 1.807) is 0 Å². The van der Waals surface area contributed by atoms with E-state index in [2.05, 4.69) is 97.1 Å². The fourth-order valence-corrected chi connectivity index (χ4v) is 10.8. The van der Waals surface area contributed by atoms with E-state index in [-0.39, 0.29) is 0 Å². The van der Waals surface area contributed by atoms with Crippen molar-refractivity contribution in [2.45, 2.75) is 0 Å². The van der Waals surface area contributed by atoms with Crippen LogP contribution in [-0.4, -0.2) is 4.98 Å². The molecule has 9 rings (SSSR count). The molecule has 0 spiro atoms. The number of nitrogens with zero attached hydrogens (tertiary/aromatic N) is 1. The molecule has 0 aliphatic carbocycles. The number of benzene rings is 7. The summed E-state index contributed by atoms with van der Waals surface area (Å²) in [6.07, 6.45) is 0. The summed E-state index contributed by atoms with van der Waals surface area (Å²) in [6.45, 7) is 0. The smallest absolute Gasteiger partial charge is 0.171 e. The Morgan fingerprint density at radius 2 is 1.09 bits per heavy atom. The third-order valence-corrected chi connectivity index (χ3v) is 13.4. The molecule has 4 heteroatoms. The van der Waals surface area contributed by atoms with Crippen molar-refractivity contribution in [1.82, 2.24) is 4.98 Å². The van der Waals surface area contributed by atoms with Crippen molar-refractivity contribution in [2.24, 2.45) is 0 Å². The molecule has 0 N–H and O–H groups in total. The van der Waals surface area contributed by atoms with Crippen molar-refractivity contribution >= 4 is 76.2 Å². The van der Waals surface area contributed by atoms with Crippen LogP contribution < -0.4 is 15.9 Å². The van der Waals surface area contributed by atoms with Crippen molar-refractivity contribution < 1.29 is 4.57 Å². The average Bonchev–Trinajstić information content (AvgIpc) is 3.54. The Balaban J connectivity index is 1.20. The second-order valence-electron chi connectivity index (χ2n) is 11.9. The molecule has 0 aliphatic heterocycles. The van der Waals surface area contributed by atoms with Gasteiger partial charge in [0.2, 0.25) is 0 Å². The summed E-state index contributed by atoms with van der Waals surface area (Å²) in [4.78, 5) is 5.36. The molecule has 2 heterocycles. The Morgan fingerprint density at radius 3 is 1.83 bits per heavy atom. The summed E-state index contributed by atoms with van der Waals surface area (Å²) in [6, 6.07) is 58.2. The van der Waals surface area contributed by atoms with E-state index >= 15 is 0 Å². The maximum atomic E-state index is 14.9. The van der Waals surface area contributed by atoms with Gasteiger partial charge in [0, 0.05) is 47.0 Å². The van der Waals surface area contributed by atoms with Crippen molar-refractivity contribution in [3.05, 3.63) is 170 Å². The lowest BCUT2D eigenvalue weighted by atomic mass is 9.97. The Morgan fingerprint density at radius 1 is 0.468 bits per heavy atom. The molecule has 0 amide bonds. The zero-order valence-electron chi connectivity index (χ0n) is 25.4. The van der Waals surface area contributed by atoms with Gasteiger partial charge in [-0.1, -0.05) is 152 Å². The number of aromatic nitrogens is 1. The molecule has 2 aromatic heterocycles. The van der Waals surface area contributed by atoms with Crippen LogP contribution in [0, 0.1) is 0 Å². The van der Waals surface area contributed by atoms with Crippen LogP contribution >= 0.6 is 18.5 Å². The molecule has 0 unspecified atom stereocenters. The van der Waals surface area contributed by atoms with Crippen molar-refractivity contribution in [3.8, 4) is 22.4 Å². The van der Waals surface area contributed by atoms with E-state index in [0.29, 0.717) is 0 Å².